The lowest BCUT2D eigenvalue weighted by Crippen LogP contribution is -2.45. The Bertz CT molecular complexity index is 1360. The number of anilines is 1. The number of carbonyl (C=O) groups is 2. The molecule has 3 aromatic rings. The van der Waals surface area contributed by atoms with Crippen LogP contribution in [0.25, 0.3) is 12.2 Å². The van der Waals surface area contributed by atoms with Crippen molar-refractivity contribution in [3.05, 3.63) is 81.8 Å². The van der Waals surface area contributed by atoms with Crippen molar-refractivity contribution in [2.24, 2.45) is 0 Å². The summed E-state index contributed by atoms with van der Waals surface area (Å²) in [4.78, 5) is 24.6. The molecule has 0 aliphatic carbocycles. The second kappa shape index (κ2) is 14.7. The zero-order chi connectivity index (χ0) is 29.2. The molecular formula is C31H31Cl2NO7. The lowest BCUT2D eigenvalue weighted by atomic mass is 10.1. The SMILES string of the molecule is O=C(O)CCCN1CC(C(=O)O)Oc2c(/C=C/c3ccc(OCCCCOc4c(Cl)cccc4Cl)cc3)cccc21. The van der Waals surface area contributed by atoms with E-state index in [4.69, 9.17) is 42.5 Å². The fourth-order valence-corrected chi connectivity index (χ4v) is 4.85. The topological polar surface area (TPSA) is 106 Å². The van der Waals surface area contributed by atoms with Gasteiger partial charge in [0.05, 0.1) is 35.5 Å². The summed E-state index contributed by atoms with van der Waals surface area (Å²) >= 11 is 12.2. The van der Waals surface area contributed by atoms with Gasteiger partial charge in [0.25, 0.3) is 0 Å². The number of aliphatic carboxylic acids is 2. The van der Waals surface area contributed by atoms with Gasteiger partial charge in [-0.3, -0.25) is 4.79 Å². The van der Waals surface area contributed by atoms with Crippen LogP contribution in [-0.4, -0.2) is 54.6 Å². The Morgan fingerprint density at radius 1 is 0.902 bits per heavy atom. The van der Waals surface area contributed by atoms with E-state index in [1.54, 1.807) is 18.2 Å². The summed E-state index contributed by atoms with van der Waals surface area (Å²) in [6, 6.07) is 18.5. The van der Waals surface area contributed by atoms with E-state index < -0.39 is 18.0 Å². The monoisotopic (exact) mass is 599 g/mol. The Balaban J connectivity index is 1.31. The van der Waals surface area contributed by atoms with Crippen molar-refractivity contribution < 1.29 is 34.0 Å². The molecule has 1 unspecified atom stereocenters. The number of fused-ring (bicyclic) bond motifs is 1. The Morgan fingerprint density at radius 3 is 2.27 bits per heavy atom. The third-order valence-corrected chi connectivity index (χ3v) is 7.01. The molecule has 0 spiro atoms. The molecule has 1 aliphatic rings. The molecule has 10 heteroatoms. The molecular weight excluding hydrogens is 569 g/mol. The third-order valence-electron chi connectivity index (χ3n) is 6.41. The standard InChI is InChI=1S/C31H31Cl2NO7/c32-24-7-4-8-25(33)30(24)40-19-2-1-18-39-23-15-12-21(13-16-23)11-14-22-6-3-9-26-29(22)41-27(31(37)38)20-34(26)17-5-10-28(35)36/h3-4,6-9,11-16,27H,1-2,5,10,17-20H2,(H,35,36)(H,37,38)/b14-11+. The summed E-state index contributed by atoms with van der Waals surface area (Å²) in [5, 5.41) is 19.6. The number of halogens is 2. The lowest BCUT2D eigenvalue weighted by Gasteiger charge is -2.35. The predicted molar refractivity (Wildman–Crippen MR) is 160 cm³/mol. The van der Waals surface area contributed by atoms with Gasteiger partial charge in [-0.2, -0.15) is 0 Å². The highest BCUT2D eigenvalue weighted by molar-refractivity contribution is 6.37. The van der Waals surface area contributed by atoms with Crippen molar-refractivity contribution >= 4 is 53.0 Å². The van der Waals surface area contributed by atoms with Gasteiger partial charge in [0.15, 0.2) is 11.5 Å². The Labute approximate surface area is 248 Å². The quantitative estimate of drug-likeness (QED) is 0.152. The zero-order valence-electron chi connectivity index (χ0n) is 22.3. The molecule has 3 aromatic carbocycles. The van der Waals surface area contributed by atoms with Crippen molar-refractivity contribution in [1.82, 2.24) is 0 Å². The number of hydrogen-bond acceptors (Lipinski definition) is 6. The minimum atomic E-state index is -1.06. The largest absolute Gasteiger partial charge is 0.494 e. The summed E-state index contributed by atoms with van der Waals surface area (Å²) in [5.41, 5.74) is 2.42. The Hall–Kier alpha value is -3.88. The normalized spacial score (nSPS) is 14.4. The highest BCUT2D eigenvalue weighted by atomic mass is 35.5. The number of carboxylic acids is 2. The number of ether oxygens (including phenoxy) is 3. The molecule has 4 rings (SSSR count). The van der Waals surface area contributed by atoms with E-state index in [1.165, 1.54) is 0 Å². The first kappa shape index (κ1) is 30.1. The van der Waals surface area contributed by atoms with E-state index in [-0.39, 0.29) is 13.0 Å². The molecule has 0 fully saturated rings. The van der Waals surface area contributed by atoms with E-state index in [2.05, 4.69) is 0 Å². The van der Waals surface area contributed by atoms with Crippen LogP contribution < -0.4 is 19.1 Å². The van der Waals surface area contributed by atoms with Crippen LogP contribution in [-0.2, 0) is 9.59 Å². The smallest absolute Gasteiger partial charge is 0.346 e. The van der Waals surface area contributed by atoms with Crippen LogP contribution >= 0.6 is 23.2 Å². The molecule has 0 saturated carbocycles. The molecule has 0 amide bonds. The molecule has 0 aromatic heterocycles. The minimum Gasteiger partial charge on any atom is -0.494 e. The average Bonchev–Trinajstić information content (AvgIpc) is 2.95. The number of nitrogens with zero attached hydrogens (tertiary/aromatic N) is 1. The van der Waals surface area contributed by atoms with E-state index in [1.807, 2.05) is 59.5 Å². The van der Waals surface area contributed by atoms with Crippen LogP contribution in [0.2, 0.25) is 10.0 Å². The van der Waals surface area contributed by atoms with Crippen LogP contribution in [0.1, 0.15) is 36.8 Å². The van der Waals surface area contributed by atoms with Gasteiger partial charge in [-0.05, 0) is 55.2 Å². The maximum absolute atomic E-state index is 11.7. The van der Waals surface area contributed by atoms with Crippen molar-refractivity contribution in [3.8, 4) is 17.2 Å². The first-order valence-corrected chi connectivity index (χ1v) is 14.0. The molecule has 2 N–H and O–H groups in total. The number of para-hydroxylation sites is 2. The van der Waals surface area contributed by atoms with Gasteiger partial charge < -0.3 is 29.3 Å². The highest BCUT2D eigenvalue weighted by Crippen LogP contribution is 2.38. The Morgan fingerprint density at radius 2 is 1.59 bits per heavy atom. The molecule has 216 valence electrons. The van der Waals surface area contributed by atoms with Gasteiger partial charge in [0.2, 0.25) is 6.10 Å². The first-order valence-electron chi connectivity index (χ1n) is 13.3. The molecule has 0 bridgehead atoms. The Kier molecular flexibility index (Phi) is 10.8. The summed E-state index contributed by atoms with van der Waals surface area (Å²) in [6.07, 6.45) is 4.74. The van der Waals surface area contributed by atoms with Gasteiger partial charge in [-0.15, -0.1) is 0 Å². The first-order chi connectivity index (χ1) is 19.8. The highest BCUT2D eigenvalue weighted by Gasteiger charge is 2.31. The lowest BCUT2D eigenvalue weighted by molar-refractivity contribution is -0.145. The van der Waals surface area contributed by atoms with Crippen molar-refractivity contribution in [1.29, 1.82) is 0 Å². The third kappa shape index (κ3) is 8.55. The van der Waals surface area contributed by atoms with E-state index in [0.717, 1.165) is 35.4 Å². The van der Waals surface area contributed by atoms with Gasteiger partial charge in [-0.25, -0.2) is 4.79 Å². The van der Waals surface area contributed by atoms with Crippen molar-refractivity contribution in [2.45, 2.75) is 31.8 Å². The van der Waals surface area contributed by atoms with E-state index in [9.17, 15) is 14.7 Å². The summed E-state index contributed by atoms with van der Waals surface area (Å²) in [7, 11) is 0. The number of carboxylic acid groups (broad SMARTS) is 2. The maximum atomic E-state index is 11.7. The summed E-state index contributed by atoms with van der Waals surface area (Å²) in [6.45, 7) is 1.59. The van der Waals surface area contributed by atoms with Crippen LogP contribution in [0, 0.1) is 0 Å². The zero-order valence-corrected chi connectivity index (χ0v) is 23.8. The van der Waals surface area contributed by atoms with Crippen molar-refractivity contribution in [3.63, 3.8) is 0 Å². The van der Waals surface area contributed by atoms with Crippen LogP contribution in [0.15, 0.2) is 60.7 Å². The second-order valence-electron chi connectivity index (χ2n) is 9.44. The van der Waals surface area contributed by atoms with E-state index >= 15 is 0 Å². The van der Waals surface area contributed by atoms with Gasteiger partial charge in [-0.1, -0.05) is 65.7 Å². The minimum absolute atomic E-state index is 0.0110. The fourth-order valence-electron chi connectivity index (χ4n) is 4.34. The number of rotatable bonds is 14. The van der Waals surface area contributed by atoms with Gasteiger partial charge >= 0.3 is 11.9 Å². The molecule has 0 saturated heterocycles. The average molecular weight is 600 g/mol. The number of hydrogen-bond donors (Lipinski definition) is 2. The molecule has 1 aliphatic heterocycles. The molecule has 1 atom stereocenters. The molecule has 8 nitrogen and oxygen atoms in total. The van der Waals surface area contributed by atoms with Gasteiger partial charge in [0.1, 0.15) is 5.75 Å². The van der Waals surface area contributed by atoms with Crippen LogP contribution in [0.4, 0.5) is 5.69 Å². The number of unbranched alkanes of at least 4 members (excludes halogenated alkanes) is 1. The predicted octanol–water partition coefficient (Wildman–Crippen LogP) is 6.92. The summed E-state index contributed by atoms with van der Waals surface area (Å²) < 4.78 is 17.4. The summed E-state index contributed by atoms with van der Waals surface area (Å²) in [5.74, 6) is -0.229. The molecule has 41 heavy (non-hydrogen) atoms. The van der Waals surface area contributed by atoms with E-state index in [0.29, 0.717) is 47.7 Å². The molecule has 0 radical (unpaired) electrons. The molecule has 1 heterocycles. The fraction of sp³-hybridized carbons (Fsp3) is 0.290. The van der Waals surface area contributed by atoms with Crippen molar-refractivity contribution in [2.75, 3.05) is 31.2 Å². The maximum Gasteiger partial charge on any atom is 0.346 e. The van der Waals surface area contributed by atoms with Crippen LogP contribution in [0.5, 0.6) is 17.2 Å². The number of benzene rings is 3. The van der Waals surface area contributed by atoms with Crippen LogP contribution in [0.3, 0.4) is 0 Å². The van der Waals surface area contributed by atoms with Gasteiger partial charge in [0, 0.05) is 18.5 Å². The second-order valence-corrected chi connectivity index (χ2v) is 10.3.